The number of aryl methyl sites for hydroxylation is 1. The highest BCUT2D eigenvalue weighted by molar-refractivity contribution is 6.32. The molecule has 0 radical (unpaired) electrons. The van der Waals surface area contributed by atoms with Crippen molar-refractivity contribution in [2.24, 2.45) is 12.8 Å². The number of halogens is 2. The summed E-state index contributed by atoms with van der Waals surface area (Å²) in [7, 11) is 3.30. The first kappa shape index (κ1) is 22.4. The van der Waals surface area contributed by atoms with Crippen LogP contribution in [0, 0.1) is 17.7 Å². The van der Waals surface area contributed by atoms with Crippen LogP contribution in [-0.4, -0.2) is 56.2 Å². The lowest BCUT2D eigenvalue weighted by atomic mass is 10.1. The second-order valence-corrected chi connectivity index (χ2v) is 7.97. The highest BCUT2D eigenvalue weighted by Gasteiger charge is 2.31. The van der Waals surface area contributed by atoms with Crippen molar-refractivity contribution in [1.82, 2.24) is 24.2 Å². The Morgan fingerprint density at radius 2 is 2.18 bits per heavy atom. The van der Waals surface area contributed by atoms with E-state index in [9.17, 15) is 14.0 Å². The summed E-state index contributed by atoms with van der Waals surface area (Å²) in [6.07, 6.45) is 3.38. The quantitative estimate of drug-likeness (QED) is 0.449. The van der Waals surface area contributed by atoms with Gasteiger partial charge in [-0.3, -0.25) is 9.59 Å². The summed E-state index contributed by atoms with van der Waals surface area (Å²) in [6.45, 7) is 4.45. The van der Waals surface area contributed by atoms with Crippen LogP contribution in [0.25, 0.3) is 11.0 Å². The Balaban J connectivity index is 1.77. The highest BCUT2D eigenvalue weighted by atomic mass is 35.5. The zero-order chi connectivity index (χ0) is 23.9. The van der Waals surface area contributed by atoms with Gasteiger partial charge in [-0.1, -0.05) is 24.1 Å². The van der Waals surface area contributed by atoms with Crippen molar-refractivity contribution in [2.45, 2.75) is 12.5 Å². The maximum atomic E-state index is 14.7. The van der Waals surface area contributed by atoms with E-state index >= 15 is 0 Å². The van der Waals surface area contributed by atoms with E-state index in [4.69, 9.17) is 17.3 Å². The molecule has 11 heteroatoms. The van der Waals surface area contributed by atoms with E-state index in [1.54, 1.807) is 29.7 Å². The predicted octanol–water partition coefficient (Wildman–Crippen LogP) is 2.06. The summed E-state index contributed by atoms with van der Waals surface area (Å²) in [4.78, 5) is 30.0. The van der Waals surface area contributed by atoms with Crippen molar-refractivity contribution in [2.75, 3.05) is 25.5 Å². The maximum Gasteiger partial charge on any atom is 0.255 e. The third kappa shape index (κ3) is 3.81. The molecule has 1 aromatic carbocycles. The number of nitrogens with zero attached hydrogens (tertiary/aromatic N) is 5. The number of nitrogens with two attached hydrogens (primary N) is 1. The Bertz CT molecular complexity index is 1360. The Hall–Kier alpha value is -3.84. The summed E-state index contributed by atoms with van der Waals surface area (Å²) in [5.41, 5.74) is 6.73. The molecule has 170 valence electrons. The number of carbonyl (C=O) groups excluding carboxylic acids is 2. The Morgan fingerprint density at radius 3 is 2.85 bits per heavy atom. The van der Waals surface area contributed by atoms with E-state index in [-0.39, 0.29) is 39.3 Å². The molecule has 2 aromatic heterocycles. The second kappa shape index (κ2) is 8.60. The molecule has 3 N–H and O–H groups in total. The second-order valence-electron chi connectivity index (χ2n) is 7.59. The molecule has 0 saturated carbocycles. The monoisotopic (exact) mass is 469 g/mol. The van der Waals surface area contributed by atoms with Crippen molar-refractivity contribution < 1.29 is 14.0 Å². The lowest BCUT2D eigenvalue weighted by molar-refractivity contribution is -0.125. The number of carbonyl (C=O) groups is 2. The number of primary amides is 1. The highest BCUT2D eigenvalue weighted by Crippen LogP contribution is 2.30. The van der Waals surface area contributed by atoms with Crippen LogP contribution in [0.4, 0.5) is 10.2 Å². The maximum absolute atomic E-state index is 14.7. The van der Waals surface area contributed by atoms with Crippen molar-refractivity contribution in [1.29, 1.82) is 0 Å². The average Bonchev–Trinajstić information content (AvgIpc) is 3.51. The van der Waals surface area contributed by atoms with E-state index in [1.165, 1.54) is 17.0 Å². The largest absolute Gasteiger partial charge is 0.373 e. The van der Waals surface area contributed by atoms with Gasteiger partial charge in [-0.05, 0) is 24.5 Å². The van der Waals surface area contributed by atoms with Gasteiger partial charge in [0.15, 0.2) is 11.5 Å². The first-order valence-corrected chi connectivity index (χ1v) is 10.5. The Morgan fingerprint density at radius 1 is 1.42 bits per heavy atom. The van der Waals surface area contributed by atoms with Gasteiger partial charge < -0.3 is 20.5 Å². The third-order valence-electron chi connectivity index (χ3n) is 5.59. The molecule has 33 heavy (non-hydrogen) atoms. The van der Waals surface area contributed by atoms with Gasteiger partial charge in [-0.25, -0.2) is 14.1 Å². The summed E-state index contributed by atoms with van der Waals surface area (Å²) < 4.78 is 17.9. The molecule has 1 fully saturated rings. The van der Waals surface area contributed by atoms with Gasteiger partial charge >= 0.3 is 0 Å². The SMILES string of the molecule is C=CC(=O)N1CC[C@H](n2nc(C#Cc3cc4ncn(C)c4c(F)c3Cl)c(C(N)=O)c2NC)C1. The number of amides is 2. The molecule has 3 heterocycles. The van der Waals surface area contributed by atoms with Gasteiger partial charge in [0.05, 0.1) is 22.9 Å². The normalized spacial score (nSPS) is 15.4. The van der Waals surface area contributed by atoms with Gasteiger partial charge in [-0.2, -0.15) is 5.10 Å². The molecule has 1 atom stereocenters. The van der Waals surface area contributed by atoms with E-state index in [1.807, 2.05) is 0 Å². The van der Waals surface area contributed by atoms with Crippen LogP contribution in [0.2, 0.25) is 5.02 Å². The van der Waals surface area contributed by atoms with Crippen LogP contribution in [0.15, 0.2) is 25.0 Å². The number of aromatic nitrogens is 4. The van der Waals surface area contributed by atoms with Crippen LogP contribution in [-0.2, 0) is 11.8 Å². The van der Waals surface area contributed by atoms with Crippen LogP contribution >= 0.6 is 11.6 Å². The fourth-order valence-electron chi connectivity index (χ4n) is 3.99. The zero-order valence-electron chi connectivity index (χ0n) is 18.0. The van der Waals surface area contributed by atoms with Gasteiger partial charge in [0.25, 0.3) is 5.91 Å². The molecule has 0 bridgehead atoms. The van der Waals surface area contributed by atoms with Crippen molar-refractivity contribution in [3.05, 3.63) is 52.7 Å². The number of hydrogen-bond acceptors (Lipinski definition) is 5. The molecule has 2 amide bonds. The summed E-state index contributed by atoms with van der Waals surface area (Å²) in [5, 5.41) is 7.30. The fourth-order valence-corrected chi connectivity index (χ4v) is 4.18. The molecule has 3 aromatic rings. The van der Waals surface area contributed by atoms with Gasteiger partial charge in [0.1, 0.15) is 16.9 Å². The molecule has 1 aliphatic rings. The first-order chi connectivity index (χ1) is 15.8. The van der Waals surface area contributed by atoms with E-state index in [2.05, 4.69) is 33.8 Å². The van der Waals surface area contributed by atoms with E-state index in [0.717, 1.165) is 0 Å². The fraction of sp³-hybridized carbons (Fsp3) is 0.273. The third-order valence-corrected chi connectivity index (χ3v) is 5.96. The predicted molar refractivity (Wildman–Crippen MR) is 122 cm³/mol. The van der Waals surface area contributed by atoms with Crippen LogP contribution in [0.5, 0.6) is 0 Å². The van der Waals surface area contributed by atoms with Crippen molar-refractivity contribution in [3.8, 4) is 11.8 Å². The summed E-state index contributed by atoms with van der Waals surface area (Å²) in [5.74, 6) is 4.47. The van der Waals surface area contributed by atoms with Crippen molar-refractivity contribution in [3.63, 3.8) is 0 Å². The molecular formula is C22H21ClFN7O2. The molecule has 9 nitrogen and oxygen atoms in total. The first-order valence-electron chi connectivity index (χ1n) is 10.1. The number of hydrogen-bond donors (Lipinski definition) is 2. The van der Waals surface area contributed by atoms with Crippen LogP contribution in [0.3, 0.4) is 0 Å². The lowest BCUT2D eigenvalue weighted by Crippen LogP contribution is -2.27. The number of rotatable bonds is 4. The molecule has 0 spiro atoms. The van der Waals surface area contributed by atoms with Crippen LogP contribution in [0.1, 0.15) is 34.1 Å². The topological polar surface area (TPSA) is 111 Å². The van der Waals surface area contributed by atoms with Gasteiger partial charge in [0, 0.05) is 32.7 Å². The lowest BCUT2D eigenvalue weighted by Gasteiger charge is -2.16. The molecule has 0 unspecified atom stereocenters. The Labute approximate surface area is 194 Å². The van der Waals surface area contributed by atoms with Crippen LogP contribution < -0.4 is 11.1 Å². The van der Waals surface area contributed by atoms with E-state index < -0.39 is 11.7 Å². The standard InChI is InChI=1S/C22H21ClFN7O2/c1-4-16(32)30-8-7-13(10-30)31-22(26-2)17(21(25)33)14(28-31)6-5-12-9-15-20(19(24)18(12)23)29(3)11-27-15/h4,9,11,13,26H,1,7-8,10H2,2-3H3,(H2,25,33)/t13-/m0/s1. The number of nitrogens with one attached hydrogen (secondary N) is 1. The Kier molecular flexibility index (Phi) is 5.82. The number of likely N-dealkylation sites (tertiary alicyclic amines) is 1. The van der Waals surface area contributed by atoms with Gasteiger partial charge in [-0.15, -0.1) is 0 Å². The summed E-state index contributed by atoms with van der Waals surface area (Å²) >= 11 is 6.20. The minimum atomic E-state index is -0.718. The number of imidazole rings is 1. The summed E-state index contributed by atoms with van der Waals surface area (Å²) in [6, 6.07) is 1.39. The number of benzene rings is 1. The van der Waals surface area contributed by atoms with Gasteiger partial charge in [0.2, 0.25) is 5.91 Å². The minimum absolute atomic E-state index is 0.106. The molecule has 1 saturated heterocycles. The molecule has 0 aliphatic carbocycles. The zero-order valence-corrected chi connectivity index (χ0v) is 18.8. The smallest absolute Gasteiger partial charge is 0.255 e. The molecule has 1 aliphatic heterocycles. The minimum Gasteiger partial charge on any atom is -0.373 e. The van der Waals surface area contributed by atoms with E-state index in [0.29, 0.717) is 30.8 Å². The number of anilines is 1. The molecule has 4 rings (SSSR count). The molecular weight excluding hydrogens is 449 g/mol. The average molecular weight is 470 g/mol. The number of fused-ring (bicyclic) bond motifs is 1. The van der Waals surface area contributed by atoms with Crippen molar-refractivity contribution >= 4 is 40.3 Å².